The summed E-state index contributed by atoms with van der Waals surface area (Å²) in [5, 5.41) is 3.96. The second-order valence-corrected chi connectivity index (χ2v) is 7.49. The van der Waals surface area contributed by atoms with Gasteiger partial charge in [-0.1, -0.05) is 20.8 Å². The van der Waals surface area contributed by atoms with E-state index in [1.807, 2.05) is 0 Å². The van der Waals surface area contributed by atoms with Crippen LogP contribution in [-0.4, -0.2) is 17.8 Å². The summed E-state index contributed by atoms with van der Waals surface area (Å²) in [6, 6.07) is 4.29. The molecule has 1 N–H and O–H groups in total. The molecule has 0 amide bonds. The molecule has 0 saturated heterocycles. The molecule has 0 heterocycles. The largest absolute Gasteiger partial charge is 0.313 e. The first-order valence-electron chi connectivity index (χ1n) is 7.86. The second kappa shape index (κ2) is 7.59. The van der Waals surface area contributed by atoms with E-state index < -0.39 is 11.6 Å². The number of hydrogen-bond donors (Lipinski definition) is 1. The number of rotatable bonds is 5. The van der Waals surface area contributed by atoms with Crippen LogP contribution in [0.2, 0.25) is 0 Å². The topological polar surface area (TPSA) is 12.0 Å². The van der Waals surface area contributed by atoms with Gasteiger partial charge in [0.05, 0.1) is 0 Å². The third kappa shape index (κ3) is 4.43. The van der Waals surface area contributed by atoms with Gasteiger partial charge < -0.3 is 5.32 Å². The highest BCUT2D eigenvalue weighted by molar-refractivity contribution is 8.00. The van der Waals surface area contributed by atoms with Crippen LogP contribution in [-0.2, 0) is 0 Å². The predicted octanol–water partition coefficient (Wildman–Crippen LogP) is 4.86. The van der Waals surface area contributed by atoms with Crippen LogP contribution >= 0.6 is 11.8 Å². The summed E-state index contributed by atoms with van der Waals surface area (Å²) in [6.07, 6.45) is 3.40. The van der Waals surface area contributed by atoms with Crippen LogP contribution in [0.1, 0.15) is 40.0 Å². The van der Waals surface area contributed by atoms with Crippen LogP contribution in [0.25, 0.3) is 0 Å². The predicted molar refractivity (Wildman–Crippen MR) is 85.6 cm³/mol. The third-order valence-corrected chi connectivity index (χ3v) is 5.85. The lowest BCUT2D eigenvalue weighted by atomic mass is 9.80. The van der Waals surface area contributed by atoms with Gasteiger partial charge in [-0.2, -0.15) is 0 Å². The van der Waals surface area contributed by atoms with Gasteiger partial charge in [-0.05, 0) is 49.8 Å². The molecular weight excluding hydrogens is 288 g/mol. The van der Waals surface area contributed by atoms with Gasteiger partial charge in [0.25, 0.3) is 0 Å². The highest BCUT2D eigenvalue weighted by Gasteiger charge is 2.34. The molecule has 1 fully saturated rings. The fraction of sp³-hybridized carbons (Fsp3) is 0.647. The van der Waals surface area contributed by atoms with Crippen molar-refractivity contribution in [2.75, 3.05) is 6.54 Å². The van der Waals surface area contributed by atoms with E-state index in [2.05, 4.69) is 26.1 Å². The van der Waals surface area contributed by atoms with Crippen LogP contribution < -0.4 is 5.32 Å². The van der Waals surface area contributed by atoms with Crippen LogP contribution in [0.3, 0.4) is 0 Å². The summed E-state index contributed by atoms with van der Waals surface area (Å²) in [6.45, 7) is 7.68. The van der Waals surface area contributed by atoms with Crippen molar-refractivity contribution in [1.29, 1.82) is 0 Å². The molecule has 0 radical (unpaired) electrons. The molecule has 2 rings (SSSR count). The van der Waals surface area contributed by atoms with Crippen LogP contribution in [0, 0.1) is 23.5 Å². The zero-order chi connectivity index (χ0) is 15.4. The molecule has 0 aromatic heterocycles. The first-order valence-corrected chi connectivity index (χ1v) is 8.74. The maximum atomic E-state index is 13.9. The highest BCUT2D eigenvalue weighted by atomic mass is 32.2. The normalized spacial score (nSPS) is 29.6. The fourth-order valence-corrected chi connectivity index (χ4v) is 4.60. The van der Waals surface area contributed by atoms with Crippen molar-refractivity contribution in [2.45, 2.75) is 56.2 Å². The smallest absolute Gasteiger partial charge is 0.139 e. The van der Waals surface area contributed by atoms with Crippen LogP contribution in [0.4, 0.5) is 8.78 Å². The van der Waals surface area contributed by atoms with Crippen molar-refractivity contribution in [1.82, 2.24) is 5.32 Å². The molecule has 0 spiro atoms. The molecule has 1 saturated carbocycles. The lowest BCUT2D eigenvalue weighted by molar-refractivity contribution is 0.249. The summed E-state index contributed by atoms with van der Waals surface area (Å²) in [5.74, 6) is 0.268. The number of benzene rings is 1. The number of nitrogens with one attached hydrogen (secondary N) is 1. The van der Waals surface area contributed by atoms with E-state index in [-0.39, 0.29) is 0 Å². The van der Waals surface area contributed by atoms with Crippen molar-refractivity contribution < 1.29 is 8.78 Å². The van der Waals surface area contributed by atoms with E-state index in [0.717, 1.165) is 25.5 Å². The SMILES string of the molecule is CCCNC1CC(C)CC(C)C1Sc1ccc(F)cc1F. The van der Waals surface area contributed by atoms with Gasteiger partial charge in [-0.3, -0.25) is 0 Å². The highest BCUT2D eigenvalue weighted by Crippen LogP contribution is 2.40. The summed E-state index contributed by atoms with van der Waals surface area (Å²) >= 11 is 1.56. The Bertz CT molecular complexity index is 466. The summed E-state index contributed by atoms with van der Waals surface area (Å²) in [7, 11) is 0. The molecule has 1 aliphatic rings. The zero-order valence-electron chi connectivity index (χ0n) is 13.0. The Labute approximate surface area is 130 Å². The van der Waals surface area contributed by atoms with Gasteiger partial charge in [-0.25, -0.2) is 8.78 Å². The maximum absolute atomic E-state index is 13.9. The Morgan fingerprint density at radius 1 is 1.24 bits per heavy atom. The zero-order valence-corrected chi connectivity index (χ0v) is 13.9. The molecule has 4 heteroatoms. The standard InChI is InChI=1S/C17H25F2NS/c1-4-7-20-15-9-11(2)8-12(3)17(15)21-16-6-5-13(18)10-14(16)19/h5-6,10-12,15,17,20H,4,7-9H2,1-3H3. The lowest BCUT2D eigenvalue weighted by Crippen LogP contribution is -2.46. The number of halogens is 2. The minimum absolute atomic E-state index is 0.340. The molecule has 0 aliphatic heterocycles. The van der Waals surface area contributed by atoms with Gasteiger partial charge in [0, 0.05) is 22.3 Å². The number of hydrogen-bond acceptors (Lipinski definition) is 2. The van der Waals surface area contributed by atoms with Crippen LogP contribution in [0.15, 0.2) is 23.1 Å². The van der Waals surface area contributed by atoms with Gasteiger partial charge >= 0.3 is 0 Å². The molecule has 1 aromatic carbocycles. The minimum Gasteiger partial charge on any atom is -0.313 e. The van der Waals surface area contributed by atoms with Crippen LogP contribution in [0.5, 0.6) is 0 Å². The Hall–Kier alpha value is -0.610. The van der Waals surface area contributed by atoms with Gasteiger partial charge in [0.15, 0.2) is 0 Å². The molecule has 1 aliphatic carbocycles. The van der Waals surface area contributed by atoms with Crippen molar-refractivity contribution in [3.8, 4) is 0 Å². The van der Waals surface area contributed by atoms with E-state index in [1.165, 1.54) is 12.5 Å². The summed E-state index contributed by atoms with van der Waals surface area (Å²) in [4.78, 5) is 0.561. The molecule has 0 bridgehead atoms. The van der Waals surface area contributed by atoms with Crippen molar-refractivity contribution in [3.63, 3.8) is 0 Å². The third-order valence-electron chi connectivity index (χ3n) is 4.20. The second-order valence-electron chi connectivity index (χ2n) is 6.27. The molecule has 21 heavy (non-hydrogen) atoms. The molecular formula is C17H25F2NS. The van der Waals surface area contributed by atoms with Crippen molar-refractivity contribution >= 4 is 11.8 Å². The summed E-state index contributed by atoms with van der Waals surface area (Å²) < 4.78 is 26.9. The molecule has 1 aromatic rings. The average molecular weight is 313 g/mol. The fourth-order valence-electron chi connectivity index (χ4n) is 3.27. The van der Waals surface area contributed by atoms with Crippen molar-refractivity contribution in [3.05, 3.63) is 29.8 Å². The Morgan fingerprint density at radius 2 is 2.00 bits per heavy atom. The molecule has 4 atom stereocenters. The first-order chi connectivity index (χ1) is 10.0. The van der Waals surface area contributed by atoms with Gasteiger partial charge in [0.1, 0.15) is 11.6 Å². The van der Waals surface area contributed by atoms with E-state index in [9.17, 15) is 8.78 Å². The van der Waals surface area contributed by atoms with Gasteiger partial charge in [-0.15, -0.1) is 11.8 Å². The van der Waals surface area contributed by atoms with E-state index in [0.29, 0.717) is 28.0 Å². The van der Waals surface area contributed by atoms with Crippen molar-refractivity contribution in [2.24, 2.45) is 11.8 Å². The van der Waals surface area contributed by atoms with Gasteiger partial charge in [0.2, 0.25) is 0 Å². The summed E-state index contributed by atoms with van der Waals surface area (Å²) in [5.41, 5.74) is 0. The Balaban J connectivity index is 2.13. The molecule has 4 unspecified atom stereocenters. The molecule has 118 valence electrons. The average Bonchev–Trinajstić information content (AvgIpc) is 2.42. The maximum Gasteiger partial charge on any atom is 0.139 e. The monoisotopic (exact) mass is 313 g/mol. The minimum atomic E-state index is -0.511. The Morgan fingerprint density at radius 3 is 2.67 bits per heavy atom. The van der Waals surface area contributed by atoms with E-state index in [1.54, 1.807) is 17.8 Å². The lowest BCUT2D eigenvalue weighted by Gasteiger charge is -2.40. The van der Waals surface area contributed by atoms with E-state index >= 15 is 0 Å². The van der Waals surface area contributed by atoms with E-state index in [4.69, 9.17) is 0 Å². The quantitative estimate of drug-likeness (QED) is 0.833. The Kier molecular flexibility index (Phi) is 6.06. The molecule has 1 nitrogen and oxygen atoms in total. The first kappa shape index (κ1) is 16.8. The number of thioether (sulfide) groups is 1.